The van der Waals surface area contributed by atoms with E-state index in [0.717, 1.165) is 17.8 Å². The van der Waals surface area contributed by atoms with E-state index in [-0.39, 0.29) is 0 Å². The summed E-state index contributed by atoms with van der Waals surface area (Å²) in [4.78, 5) is 0. The molecule has 1 aliphatic carbocycles. The molecule has 0 N–H and O–H groups in total. The highest BCUT2D eigenvalue weighted by molar-refractivity contribution is 4.97. The van der Waals surface area contributed by atoms with Crippen LogP contribution in [0.5, 0.6) is 0 Å². The fourth-order valence-corrected chi connectivity index (χ4v) is 3.68. The fraction of sp³-hybridized carbons (Fsp3) is 1.00. The van der Waals surface area contributed by atoms with E-state index < -0.39 is 0 Å². The molecule has 15 heavy (non-hydrogen) atoms. The average molecular weight is 210 g/mol. The molecular weight excluding hydrogens is 180 g/mol. The molecule has 0 aromatic rings. The third-order valence-electron chi connectivity index (χ3n) is 4.84. The predicted octanol–water partition coefficient (Wildman–Crippen LogP) is 5.28. The summed E-state index contributed by atoms with van der Waals surface area (Å²) < 4.78 is 0. The largest absolute Gasteiger partial charge is 0.0654 e. The Kier molecular flexibility index (Phi) is 4.67. The van der Waals surface area contributed by atoms with Gasteiger partial charge in [-0.1, -0.05) is 60.3 Å². The molecule has 0 heteroatoms. The summed E-state index contributed by atoms with van der Waals surface area (Å²) >= 11 is 0. The second-order valence-corrected chi connectivity index (χ2v) is 5.99. The molecule has 1 fully saturated rings. The monoisotopic (exact) mass is 210 g/mol. The van der Waals surface area contributed by atoms with Crippen LogP contribution in [-0.2, 0) is 0 Å². The van der Waals surface area contributed by atoms with Crippen LogP contribution in [0.3, 0.4) is 0 Å². The molecule has 1 saturated carbocycles. The molecule has 0 bridgehead atoms. The van der Waals surface area contributed by atoms with E-state index in [4.69, 9.17) is 0 Å². The second-order valence-electron chi connectivity index (χ2n) is 5.99. The van der Waals surface area contributed by atoms with Gasteiger partial charge in [0.15, 0.2) is 0 Å². The van der Waals surface area contributed by atoms with E-state index in [2.05, 4.69) is 34.6 Å². The van der Waals surface area contributed by atoms with Gasteiger partial charge in [0, 0.05) is 0 Å². The molecule has 0 amide bonds. The number of hydrogen-bond donors (Lipinski definition) is 0. The van der Waals surface area contributed by atoms with Crippen molar-refractivity contribution in [3.8, 4) is 0 Å². The number of hydrogen-bond acceptors (Lipinski definition) is 0. The minimum absolute atomic E-state index is 0.688. The van der Waals surface area contributed by atoms with Crippen molar-refractivity contribution in [2.75, 3.05) is 0 Å². The van der Waals surface area contributed by atoms with Gasteiger partial charge in [0.25, 0.3) is 0 Å². The van der Waals surface area contributed by atoms with Crippen LogP contribution in [0, 0.1) is 23.2 Å². The maximum atomic E-state index is 2.45. The van der Waals surface area contributed by atoms with E-state index in [0.29, 0.717) is 5.41 Å². The summed E-state index contributed by atoms with van der Waals surface area (Å²) in [7, 11) is 0. The predicted molar refractivity (Wildman–Crippen MR) is 69.0 cm³/mol. The van der Waals surface area contributed by atoms with Gasteiger partial charge in [0.2, 0.25) is 0 Å². The van der Waals surface area contributed by atoms with Gasteiger partial charge in [-0.3, -0.25) is 0 Å². The van der Waals surface area contributed by atoms with Gasteiger partial charge in [0.1, 0.15) is 0 Å². The van der Waals surface area contributed by atoms with Gasteiger partial charge in [-0.05, 0) is 36.0 Å². The maximum Gasteiger partial charge on any atom is -0.0269 e. The second kappa shape index (κ2) is 5.37. The Morgan fingerprint density at radius 1 is 1.20 bits per heavy atom. The van der Waals surface area contributed by atoms with Gasteiger partial charge in [-0.2, -0.15) is 0 Å². The van der Waals surface area contributed by atoms with E-state index in [9.17, 15) is 0 Å². The van der Waals surface area contributed by atoms with E-state index >= 15 is 0 Å². The van der Waals surface area contributed by atoms with Crippen LogP contribution in [0.2, 0.25) is 0 Å². The van der Waals surface area contributed by atoms with E-state index in [1.807, 2.05) is 0 Å². The zero-order valence-corrected chi connectivity index (χ0v) is 11.5. The summed E-state index contributed by atoms with van der Waals surface area (Å²) in [6.45, 7) is 12.0. The first-order chi connectivity index (χ1) is 7.09. The van der Waals surface area contributed by atoms with Gasteiger partial charge in [-0.25, -0.2) is 0 Å². The third kappa shape index (κ3) is 2.98. The molecule has 0 saturated heterocycles. The van der Waals surface area contributed by atoms with Crippen molar-refractivity contribution < 1.29 is 0 Å². The minimum atomic E-state index is 0.688. The summed E-state index contributed by atoms with van der Waals surface area (Å²) in [6, 6.07) is 0. The molecule has 0 spiro atoms. The lowest BCUT2D eigenvalue weighted by atomic mass is 9.70. The van der Waals surface area contributed by atoms with Crippen LogP contribution in [-0.4, -0.2) is 0 Å². The first-order valence-corrected chi connectivity index (χ1v) is 7.09. The van der Waals surface area contributed by atoms with Crippen molar-refractivity contribution in [3.05, 3.63) is 0 Å². The molecule has 90 valence electrons. The fourth-order valence-electron chi connectivity index (χ4n) is 3.68. The molecule has 0 nitrogen and oxygen atoms in total. The van der Waals surface area contributed by atoms with Crippen LogP contribution in [0.25, 0.3) is 0 Å². The molecule has 1 aliphatic rings. The first-order valence-electron chi connectivity index (χ1n) is 7.09. The van der Waals surface area contributed by atoms with Crippen molar-refractivity contribution in [1.82, 2.24) is 0 Å². The molecule has 0 aromatic carbocycles. The molecular formula is C15H30. The van der Waals surface area contributed by atoms with Crippen LogP contribution in [0.15, 0.2) is 0 Å². The Labute approximate surface area is 96.8 Å². The lowest BCUT2D eigenvalue weighted by molar-refractivity contribution is 0.152. The Hall–Kier alpha value is 0. The van der Waals surface area contributed by atoms with Gasteiger partial charge >= 0.3 is 0 Å². The lowest BCUT2D eigenvalue weighted by Gasteiger charge is -2.35. The van der Waals surface area contributed by atoms with Crippen LogP contribution < -0.4 is 0 Å². The third-order valence-corrected chi connectivity index (χ3v) is 4.84. The summed E-state index contributed by atoms with van der Waals surface area (Å²) in [5.41, 5.74) is 0.688. The zero-order chi connectivity index (χ0) is 11.5. The lowest BCUT2D eigenvalue weighted by Crippen LogP contribution is -2.25. The highest BCUT2D eigenvalue weighted by Gasteiger charge is 2.48. The molecule has 1 rings (SSSR count). The summed E-state index contributed by atoms with van der Waals surface area (Å²) in [5.74, 6) is 2.99. The van der Waals surface area contributed by atoms with Gasteiger partial charge in [0.05, 0.1) is 0 Å². The molecule has 0 heterocycles. The van der Waals surface area contributed by atoms with Crippen molar-refractivity contribution in [2.24, 2.45) is 23.2 Å². The topological polar surface area (TPSA) is 0 Å². The molecule has 0 aliphatic heterocycles. The Morgan fingerprint density at radius 3 is 2.07 bits per heavy atom. The first kappa shape index (κ1) is 13.1. The van der Waals surface area contributed by atoms with Gasteiger partial charge < -0.3 is 0 Å². The standard InChI is InChI=1S/C15H30/c1-6-9-12(4)11-15(7-2,8-3)14-10-13(14)5/h12-14H,6-11H2,1-5H3. The van der Waals surface area contributed by atoms with Gasteiger partial charge in [-0.15, -0.1) is 0 Å². The normalized spacial score (nSPS) is 27.8. The summed E-state index contributed by atoms with van der Waals surface area (Å²) in [6.07, 6.45) is 8.54. The zero-order valence-electron chi connectivity index (χ0n) is 11.5. The Bertz CT molecular complexity index is 178. The van der Waals surface area contributed by atoms with Crippen LogP contribution in [0.4, 0.5) is 0 Å². The number of rotatable bonds is 7. The molecule has 3 atom stereocenters. The van der Waals surface area contributed by atoms with E-state index in [1.165, 1.54) is 38.5 Å². The smallest absolute Gasteiger partial charge is 0.0269 e. The molecule has 3 unspecified atom stereocenters. The maximum absolute atomic E-state index is 2.45. The highest BCUT2D eigenvalue weighted by Crippen LogP contribution is 2.57. The van der Waals surface area contributed by atoms with Crippen molar-refractivity contribution >= 4 is 0 Å². The van der Waals surface area contributed by atoms with Crippen LogP contribution >= 0.6 is 0 Å². The minimum Gasteiger partial charge on any atom is -0.0654 e. The molecule has 0 radical (unpaired) electrons. The quantitative estimate of drug-likeness (QED) is 0.536. The average Bonchev–Trinajstić information content (AvgIpc) is 2.93. The van der Waals surface area contributed by atoms with Crippen LogP contribution in [0.1, 0.15) is 73.1 Å². The summed E-state index contributed by atoms with van der Waals surface area (Å²) in [5, 5.41) is 0. The Balaban J connectivity index is 2.56. The van der Waals surface area contributed by atoms with E-state index in [1.54, 1.807) is 0 Å². The van der Waals surface area contributed by atoms with Crippen molar-refractivity contribution in [1.29, 1.82) is 0 Å². The van der Waals surface area contributed by atoms with Crippen molar-refractivity contribution in [3.63, 3.8) is 0 Å². The SMILES string of the molecule is CCCC(C)CC(CC)(CC)C1CC1C. The Morgan fingerprint density at radius 2 is 1.73 bits per heavy atom. The molecule has 0 aromatic heterocycles. The highest BCUT2D eigenvalue weighted by atomic mass is 14.5. The van der Waals surface area contributed by atoms with Crippen molar-refractivity contribution in [2.45, 2.75) is 73.1 Å².